The van der Waals surface area contributed by atoms with Gasteiger partial charge in [0.15, 0.2) is 0 Å². The third-order valence-electron chi connectivity index (χ3n) is 7.40. The summed E-state index contributed by atoms with van der Waals surface area (Å²) in [5.74, 6) is 0. The summed E-state index contributed by atoms with van der Waals surface area (Å²) in [6, 6.07) is 27.0. The van der Waals surface area contributed by atoms with Crippen LogP contribution in [0.4, 0.5) is 0 Å². The van der Waals surface area contributed by atoms with Gasteiger partial charge in [0.2, 0.25) is 0 Å². The number of fused-ring (bicyclic) bond motifs is 2. The molecule has 0 aliphatic heterocycles. The summed E-state index contributed by atoms with van der Waals surface area (Å²) in [6.45, 7) is 9.28. The number of benzene rings is 4. The standard InChI is InChI=1S/C11H9.C10H6Br2.3C4H9.Sn/c1-9-6-7-10-4-2-3-5-11(10)8-9;11-9-3-1-7-5-10(12)4-2-8(7)6-9;3*1-3-4-2;/h3-8H,1H3;1-6H;3*1,3-4H2,2H3;. The van der Waals surface area contributed by atoms with Gasteiger partial charge < -0.3 is 0 Å². The van der Waals surface area contributed by atoms with Gasteiger partial charge in [0.1, 0.15) is 0 Å². The quantitative estimate of drug-likeness (QED) is 0.143. The zero-order valence-electron chi connectivity index (χ0n) is 22.5. The Morgan fingerprint density at radius 1 is 0.528 bits per heavy atom. The van der Waals surface area contributed by atoms with Crippen LogP contribution < -0.4 is 3.58 Å². The Kier molecular flexibility index (Phi) is 12.3. The minimum absolute atomic E-state index is 1.12. The molecule has 36 heavy (non-hydrogen) atoms. The number of rotatable bonds is 10. The fourth-order valence-corrected chi connectivity index (χ4v) is 22.0. The van der Waals surface area contributed by atoms with Gasteiger partial charge in [0.05, 0.1) is 0 Å². The first-order valence-corrected chi connectivity index (χ1v) is 22.8. The van der Waals surface area contributed by atoms with Crippen LogP contribution in [0.2, 0.25) is 13.3 Å². The molecule has 0 amide bonds. The van der Waals surface area contributed by atoms with Crippen LogP contribution in [0.1, 0.15) is 64.9 Å². The van der Waals surface area contributed by atoms with Crippen molar-refractivity contribution in [1.29, 1.82) is 0 Å². The van der Waals surface area contributed by atoms with E-state index in [1.807, 2.05) is 0 Å². The third kappa shape index (κ3) is 8.33. The molecule has 192 valence electrons. The molecule has 0 bridgehead atoms. The van der Waals surface area contributed by atoms with Crippen molar-refractivity contribution in [1.82, 2.24) is 0 Å². The summed E-state index contributed by atoms with van der Waals surface area (Å²) < 4.78 is 8.72. The van der Waals surface area contributed by atoms with Crippen molar-refractivity contribution in [3.8, 4) is 0 Å². The van der Waals surface area contributed by atoms with Crippen LogP contribution in [0.25, 0.3) is 21.5 Å². The Bertz CT molecular complexity index is 1180. The van der Waals surface area contributed by atoms with Gasteiger partial charge in [-0.3, -0.25) is 0 Å². The number of aryl methyl sites for hydroxylation is 1. The maximum absolute atomic E-state index is 3.44. The van der Waals surface area contributed by atoms with Crippen LogP contribution in [0.3, 0.4) is 0 Å². The van der Waals surface area contributed by atoms with E-state index >= 15 is 0 Å². The first-order valence-electron chi connectivity index (χ1n) is 13.8. The van der Waals surface area contributed by atoms with Crippen molar-refractivity contribution in [3.05, 3.63) is 87.3 Å². The summed E-state index contributed by atoms with van der Waals surface area (Å²) in [6.07, 6.45) is 8.37. The summed E-state index contributed by atoms with van der Waals surface area (Å²) in [7, 11) is 0. The van der Waals surface area contributed by atoms with Crippen molar-refractivity contribution in [3.63, 3.8) is 0 Å². The average Bonchev–Trinajstić information content (AvgIpc) is 2.89. The van der Waals surface area contributed by atoms with Crippen molar-refractivity contribution >= 4 is 75.4 Å². The van der Waals surface area contributed by atoms with Gasteiger partial charge in [0, 0.05) is 8.95 Å². The zero-order chi connectivity index (χ0) is 26.0. The monoisotopic (exact) mass is 716 g/mol. The Hall–Kier alpha value is -0.841. The molecule has 0 unspecified atom stereocenters. The molecule has 0 aliphatic carbocycles. The van der Waals surface area contributed by atoms with E-state index in [1.54, 1.807) is 16.9 Å². The predicted molar refractivity (Wildman–Crippen MR) is 173 cm³/mol. The molecule has 4 rings (SSSR count). The van der Waals surface area contributed by atoms with Gasteiger partial charge in [-0.05, 0) is 35.0 Å². The van der Waals surface area contributed by atoms with Crippen molar-refractivity contribution in [2.45, 2.75) is 79.5 Å². The van der Waals surface area contributed by atoms with Crippen LogP contribution in [0.5, 0.6) is 0 Å². The minimum atomic E-state index is -2.26. The SMILES string of the molecule is Brc1ccc2cc(Br)ccc2c1.CCC[CH2][Sn]([CH2]CCC)([CH2]CCC)[c]1ccc2cc(C)ccc2c1. The maximum atomic E-state index is 3.44. The summed E-state index contributed by atoms with van der Waals surface area (Å²) in [5, 5.41) is 5.39. The molecule has 0 spiro atoms. The van der Waals surface area contributed by atoms with Crippen molar-refractivity contribution < 1.29 is 0 Å². The van der Waals surface area contributed by atoms with Gasteiger partial charge in [-0.1, -0.05) is 44.0 Å². The van der Waals surface area contributed by atoms with Crippen LogP contribution in [0.15, 0.2) is 81.7 Å². The summed E-state index contributed by atoms with van der Waals surface area (Å²) in [5.41, 5.74) is 1.37. The molecule has 0 nitrogen and oxygen atoms in total. The van der Waals surface area contributed by atoms with E-state index < -0.39 is 18.4 Å². The molecule has 4 aromatic rings. The van der Waals surface area contributed by atoms with Gasteiger partial charge in [-0.15, -0.1) is 0 Å². The van der Waals surface area contributed by atoms with E-state index in [1.165, 1.54) is 65.6 Å². The van der Waals surface area contributed by atoms with Crippen LogP contribution in [-0.2, 0) is 0 Å². The number of hydrogen-bond donors (Lipinski definition) is 0. The first-order chi connectivity index (χ1) is 17.4. The van der Waals surface area contributed by atoms with Gasteiger partial charge in [-0.25, -0.2) is 0 Å². The molecule has 3 heteroatoms. The fourth-order valence-electron chi connectivity index (χ4n) is 5.24. The number of hydrogen-bond acceptors (Lipinski definition) is 0. The molecule has 0 atom stereocenters. The molecular weight excluding hydrogens is 675 g/mol. The van der Waals surface area contributed by atoms with E-state index in [0.717, 1.165) is 8.95 Å². The second-order valence-corrected chi connectivity index (χ2v) is 25.4. The van der Waals surface area contributed by atoms with E-state index in [0.29, 0.717) is 0 Å². The second-order valence-electron chi connectivity index (χ2n) is 10.3. The Morgan fingerprint density at radius 2 is 0.944 bits per heavy atom. The molecule has 0 aliphatic rings. The average molecular weight is 717 g/mol. The van der Waals surface area contributed by atoms with Gasteiger partial charge in [0.25, 0.3) is 0 Å². The van der Waals surface area contributed by atoms with Crippen LogP contribution in [-0.4, -0.2) is 18.4 Å². The zero-order valence-corrected chi connectivity index (χ0v) is 28.6. The van der Waals surface area contributed by atoms with Crippen molar-refractivity contribution in [2.24, 2.45) is 0 Å². The molecule has 0 radical (unpaired) electrons. The molecule has 0 saturated carbocycles. The Morgan fingerprint density at radius 3 is 1.44 bits per heavy atom. The molecule has 0 heterocycles. The molecule has 0 aromatic heterocycles. The molecular formula is C33H42Br2Sn. The van der Waals surface area contributed by atoms with E-state index in [2.05, 4.69) is 132 Å². The van der Waals surface area contributed by atoms with Gasteiger partial charge >= 0.3 is 154 Å². The van der Waals surface area contributed by atoms with E-state index in [4.69, 9.17) is 0 Å². The number of halogens is 2. The van der Waals surface area contributed by atoms with Crippen molar-refractivity contribution in [2.75, 3.05) is 0 Å². The second kappa shape index (κ2) is 14.9. The summed E-state index contributed by atoms with van der Waals surface area (Å²) in [4.78, 5) is 0. The normalized spacial score (nSPS) is 11.5. The van der Waals surface area contributed by atoms with E-state index in [-0.39, 0.29) is 0 Å². The Labute approximate surface area is 240 Å². The topological polar surface area (TPSA) is 0 Å². The van der Waals surface area contributed by atoms with Gasteiger partial charge in [-0.2, -0.15) is 0 Å². The Balaban J connectivity index is 0.000000249. The molecule has 0 N–H and O–H groups in total. The first kappa shape index (κ1) is 29.7. The molecule has 4 aromatic carbocycles. The molecule has 0 fully saturated rings. The predicted octanol–water partition coefficient (Wildman–Crippen LogP) is 11.6. The molecule has 0 saturated heterocycles. The fraction of sp³-hybridized carbons (Fsp3) is 0.394. The van der Waals surface area contributed by atoms with E-state index in [9.17, 15) is 0 Å². The third-order valence-corrected chi connectivity index (χ3v) is 24.0. The number of unbranched alkanes of at least 4 members (excludes halogenated alkanes) is 3. The summed E-state index contributed by atoms with van der Waals surface area (Å²) >= 11 is 4.61. The van der Waals surface area contributed by atoms with Crippen LogP contribution in [0, 0.1) is 6.92 Å². The van der Waals surface area contributed by atoms with Crippen LogP contribution >= 0.6 is 31.9 Å².